The summed E-state index contributed by atoms with van der Waals surface area (Å²) in [6.07, 6.45) is 1.61. The number of aliphatic carboxylic acids is 1. The number of carbonyl (C=O) groups is 2. The van der Waals surface area contributed by atoms with E-state index in [-0.39, 0.29) is 11.3 Å². The summed E-state index contributed by atoms with van der Waals surface area (Å²) in [5.74, 6) is -1.70. The number of carboxylic acids is 1. The molecule has 2 aromatic carbocycles. The first-order chi connectivity index (χ1) is 10.0. The molecule has 1 amide bonds. The Kier molecular flexibility index (Phi) is 3.05. The highest BCUT2D eigenvalue weighted by Crippen LogP contribution is 2.34. The molecule has 5 nitrogen and oxygen atoms in total. The molecular weight excluding hydrogens is 270 g/mol. The number of nitrogens with one attached hydrogen (secondary N) is 1. The Balaban J connectivity index is 1.95. The van der Waals surface area contributed by atoms with Crippen LogP contribution in [0.25, 0.3) is 10.8 Å². The van der Waals surface area contributed by atoms with Gasteiger partial charge in [-0.15, -0.1) is 0 Å². The van der Waals surface area contributed by atoms with Crippen LogP contribution in [0.5, 0.6) is 5.75 Å². The summed E-state index contributed by atoms with van der Waals surface area (Å²) >= 11 is 0. The third-order valence-electron chi connectivity index (χ3n) is 4.11. The molecule has 108 valence electrons. The number of hydrogen-bond donors (Lipinski definition) is 3. The highest BCUT2D eigenvalue weighted by atomic mass is 16.4. The summed E-state index contributed by atoms with van der Waals surface area (Å²) in [6, 6.07) is 10.4. The van der Waals surface area contributed by atoms with Gasteiger partial charge in [-0.1, -0.05) is 30.3 Å². The van der Waals surface area contributed by atoms with Crippen molar-refractivity contribution in [1.82, 2.24) is 5.32 Å². The molecular formula is C16H15NO4. The molecule has 3 N–H and O–H groups in total. The van der Waals surface area contributed by atoms with Gasteiger partial charge in [0, 0.05) is 5.39 Å². The van der Waals surface area contributed by atoms with Crippen LogP contribution in [0.1, 0.15) is 29.6 Å². The van der Waals surface area contributed by atoms with E-state index in [4.69, 9.17) is 0 Å². The van der Waals surface area contributed by atoms with Crippen molar-refractivity contribution in [2.45, 2.75) is 24.8 Å². The Morgan fingerprint density at radius 1 is 1.10 bits per heavy atom. The van der Waals surface area contributed by atoms with E-state index in [2.05, 4.69) is 5.32 Å². The van der Waals surface area contributed by atoms with E-state index in [1.165, 1.54) is 6.07 Å². The van der Waals surface area contributed by atoms with Crippen molar-refractivity contribution in [1.29, 1.82) is 0 Å². The zero-order chi connectivity index (χ0) is 15.0. The highest BCUT2D eigenvalue weighted by Gasteiger charge is 2.46. The number of fused-ring (bicyclic) bond motifs is 1. The Morgan fingerprint density at radius 2 is 1.81 bits per heavy atom. The van der Waals surface area contributed by atoms with Crippen molar-refractivity contribution in [3.05, 3.63) is 42.0 Å². The van der Waals surface area contributed by atoms with Crippen molar-refractivity contribution in [3.8, 4) is 5.75 Å². The molecule has 1 fully saturated rings. The van der Waals surface area contributed by atoms with E-state index < -0.39 is 17.4 Å². The summed E-state index contributed by atoms with van der Waals surface area (Å²) in [5, 5.41) is 23.4. The Labute approximate surface area is 121 Å². The summed E-state index contributed by atoms with van der Waals surface area (Å²) in [5.41, 5.74) is -1.09. The van der Waals surface area contributed by atoms with Crippen LogP contribution in [0.4, 0.5) is 0 Å². The average molecular weight is 285 g/mol. The molecule has 3 rings (SSSR count). The molecule has 0 aliphatic heterocycles. The van der Waals surface area contributed by atoms with Gasteiger partial charge in [-0.2, -0.15) is 0 Å². The lowest BCUT2D eigenvalue weighted by atomic mass is 9.76. The molecule has 1 aliphatic rings. The van der Waals surface area contributed by atoms with E-state index in [9.17, 15) is 19.8 Å². The highest BCUT2D eigenvalue weighted by molar-refractivity contribution is 6.05. The minimum Gasteiger partial charge on any atom is -0.506 e. The molecule has 1 aliphatic carbocycles. The summed E-state index contributed by atoms with van der Waals surface area (Å²) in [7, 11) is 0. The second kappa shape index (κ2) is 4.77. The lowest BCUT2D eigenvalue weighted by molar-refractivity contribution is -0.148. The maximum Gasteiger partial charge on any atom is 0.329 e. The third-order valence-corrected chi connectivity index (χ3v) is 4.11. The van der Waals surface area contributed by atoms with Crippen molar-refractivity contribution in [3.63, 3.8) is 0 Å². The van der Waals surface area contributed by atoms with Gasteiger partial charge in [-0.25, -0.2) is 4.79 Å². The number of rotatable bonds is 3. The van der Waals surface area contributed by atoms with Gasteiger partial charge in [0.2, 0.25) is 0 Å². The van der Waals surface area contributed by atoms with Gasteiger partial charge in [0.15, 0.2) is 0 Å². The number of aromatic hydroxyl groups is 1. The minimum absolute atomic E-state index is 0.0984. The molecule has 21 heavy (non-hydrogen) atoms. The summed E-state index contributed by atoms with van der Waals surface area (Å²) < 4.78 is 0. The zero-order valence-corrected chi connectivity index (χ0v) is 11.3. The predicted octanol–water partition coefficient (Wildman–Crippen LogP) is 2.28. The molecule has 1 saturated carbocycles. The number of phenols is 1. The zero-order valence-electron chi connectivity index (χ0n) is 11.3. The van der Waals surface area contributed by atoms with Gasteiger partial charge in [-0.3, -0.25) is 4.79 Å². The van der Waals surface area contributed by atoms with Gasteiger partial charge in [0.05, 0.1) is 5.56 Å². The lowest BCUT2D eigenvalue weighted by Crippen LogP contribution is -2.59. The van der Waals surface area contributed by atoms with Crippen LogP contribution in [0.3, 0.4) is 0 Å². The molecule has 2 aromatic rings. The number of hydrogen-bond acceptors (Lipinski definition) is 3. The first kappa shape index (κ1) is 13.4. The van der Waals surface area contributed by atoms with E-state index in [1.807, 2.05) is 12.1 Å². The van der Waals surface area contributed by atoms with Crippen molar-refractivity contribution in [2.24, 2.45) is 0 Å². The molecule has 0 unspecified atom stereocenters. The molecule has 0 saturated heterocycles. The summed E-state index contributed by atoms with van der Waals surface area (Å²) in [4.78, 5) is 23.6. The molecule has 0 heterocycles. The van der Waals surface area contributed by atoms with Gasteiger partial charge in [0.1, 0.15) is 11.3 Å². The normalized spacial score (nSPS) is 16.2. The maximum atomic E-state index is 12.3. The first-order valence-electron chi connectivity index (χ1n) is 6.80. The van der Waals surface area contributed by atoms with E-state index in [0.717, 1.165) is 11.8 Å². The van der Waals surface area contributed by atoms with E-state index in [1.54, 1.807) is 18.2 Å². The van der Waals surface area contributed by atoms with E-state index in [0.29, 0.717) is 18.2 Å². The predicted molar refractivity (Wildman–Crippen MR) is 77.3 cm³/mol. The van der Waals surface area contributed by atoms with Crippen LogP contribution >= 0.6 is 0 Å². The van der Waals surface area contributed by atoms with Crippen LogP contribution in [0.15, 0.2) is 36.4 Å². The van der Waals surface area contributed by atoms with Crippen LogP contribution in [0.2, 0.25) is 0 Å². The van der Waals surface area contributed by atoms with E-state index >= 15 is 0 Å². The van der Waals surface area contributed by atoms with Gasteiger partial charge >= 0.3 is 5.97 Å². The fraction of sp³-hybridized carbons (Fsp3) is 0.250. The molecule has 0 radical (unpaired) electrons. The largest absolute Gasteiger partial charge is 0.506 e. The number of amides is 1. The van der Waals surface area contributed by atoms with Crippen molar-refractivity contribution in [2.75, 3.05) is 0 Å². The fourth-order valence-corrected chi connectivity index (χ4v) is 2.65. The maximum absolute atomic E-state index is 12.3. The van der Waals surface area contributed by atoms with Crippen LogP contribution in [-0.4, -0.2) is 27.6 Å². The third kappa shape index (κ3) is 2.11. The van der Waals surface area contributed by atoms with Gasteiger partial charge in [0.25, 0.3) is 5.91 Å². The number of carbonyl (C=O) groups excluding carboxylic acids is 1. The lowest BCUT2D eigenvalue weighted by Gasteiger charge is -2.38. The van der Waals surface area contributed by atoms with Crippen LogP contribution in [0, 0.1) is 0 Å². The molecule has 0 atom stereocenters. The number of benzene rings is 2. The standard InChI is InChI=1S/C16H15NO4/c18-13-11-5-2-1-4-10(11)6-7-12(13)14(19)17-16(15(20)21)8-3-9-16/h1-2,4-7,18H,3,8-9H2,(H,17,19)(H,20,21). The SMILES string of the molecule is O=C(NC1(C(=O)O)CCC1)c1ccc2ccccc2c1O. The van der Waals surface area contributed by atoms with Crippen molar-refractivity contribution < 1.29 is 19.8 Å². The van der Waals surface area contributed by atoms with Crippen molar-refractivity contribution >= 4 is 22.6 Å². The minimum atomic E-state index is -1.19. The Bertz CT molecular complexity index is 734. The second-order valence-corrected chi connectivity index (χ2v) is 5.38. The fourth-order valence-electron chi connectivity index (χ4n) is 2.65. The number of phenolic OH excluding ortho intramolecular Hbond substituents is 1. The summed E-state index contributed by atoms with van der Waals surface area (Å²) in [6.45, 7) is 0. The quantitative estimate of drug-likeness (QED) is 0.807. The topological polar surface area (TPSA) is 86.6 Å². The van der Waals surface area contributed by atoms with Gasteiger partial charge < -0.3 is 15.5 Å². The molecule has 0 spiro atoms. The Morgan fingerprint density at radius 3 is 2.43 bits per heavy atom. The van der Waals surface area contributed by atoms with Crippen LogP contribution < -0.4 is 5.32 Å². The van der Waals surface area contributed by atoms with Gasteiger partial charge in [-0.05, 0) is 30.7 Å². The second-order valence-electron chi connectivity index (χ2n) is 5.38. The number of carboxylic acid groups (broad SMARTS) is 1. The Hall–Kier alpha value is -2.56. The monoisotopic (exact) mass is 285 g/mol. The molecule has 0 bridgehead atoms. The first-order valence-corrected chi connectivity index (χ1v) is 6.80. The van der Waals surface area contributed by atoms with Crippen LogP contribution in [-0.2, 0) is 4.79 Å². The molecule has 5 heteroatoms. The average Bonchev–Trinajstić information content (AvgIpc) is 2.43. The smallest absolute Gasteiger partial charge is 0.329 e. The molecule has 0 aromatic heterocycles.